The van der Waals surface area contributed by atoms with Crippen molar-refractivity contribution in [2.45, 2.75) is 0 Å². The van der Waals surface area contributed by atoms with Gasteiger partial charge >= 0.3 is 40.8 Å². The van der Waals surface area contributed by atoms with Gasteiger partial charge in [-0.2, -0.15) is 0 Å². The molecule has 18 heteroatoms. The first-order valence-corrected chi connectivity index (χ1v) is 43.6. The molecule has 0 radical (unpaired) electrons. The number of nitrogens with zero attached hydrogens (tertiary/aromatic N) is 12. The van der Waals surface area contributed by atoms with Crippen LogP contribution in [0.4, 0.5) is 0 Å². The van der Waals surface area contributed by atoms with Crippen molar-refractivity contribution in [1.29, 1.82) is 0 Å². The number of benzene rings is 16. The van der Waals surface area contributed by atoms with Crippen LogP contribution in [0.3, 0.4) is 0 Å². The van der Waals surface area contributed by atoms with Gasteiger partial charge in [-0.05, 0) is 150 Å². The molecule has 0 unspecified atom stereocenters. The molecule has 16 aromatic carbocycles. The molecular formula is C116H68N12O4Pd2. The van der Waals surface area contributed by atoms with Crippen molar-refractivity contribution in [3.63, 3.8) is 0 Å². The summed E-state index contributed by atoms with van der Waals surface area (Å²) in [7, 11) is 0. The van der Waals surface area contributed by atoms with E-state index in [1.807, 2.05) is 194 Å². The topological polar surface area (TPSA) is 196 Å². The third-order valence-electron chi connectivity index (χ3n) is 24.3. The van der Waals surface area contributed by atoms with E-state index in [1.54, 1.807) is 0 Å². The van der Waals surface area contributed by atoms with Crippen molar-refractivity contribution < 1.29 is 59.8 Å². The van der Waals surface area contributed by atoms with Crippen molar-refractivity contribution in [1.82, 2.24) is 59.8 Å². The fraction of sp³-hybridized carbons (Fsp3) is 0. The second kappa shape index (κ2) is 34.5. The predicted molar refractivity (Wildman–Crippen MR) is 525 cm³/mol. The predicted octanol–water partition coefficient (Wildman–Crippen LogP) is 28.5. The molecule has 9 heterocycles. The van der Waals surface area contributed by atoms with Crippen molar-refractivity contribution in [2.24, 2.45) is 0 Å². The third-order valence-corrected chi connectivity index (χ3v) is 24.3. The summed E-state index contributed by atoms with van der Waals surface area (Å²) in [6, 6.07) is 139. The second-order valence-electron chi connectivity index (χ2n) is 32.2. The Kier molecular flexibility index (Phi) is 21.0. The largest absolute Gasteiger partial charge is 2.00 e. The van der Waals surface area contributed by atoms with Crippen LogP contribution in [0.5, 0.6) is 46.0 Å². The van der Waals surface area contributed by atoms with E-state index >= 15 is 0 Å². The molecule has 0 spiro atoms. The minimum Gasteiger partial charge on any atom is -0.656 e. The molecule has 5 aromatic heterocycles. The van der Waals surface area contributed by atoms with Gasteiger partial charge in [0.05, 0.1) is 57.2 Å². The molecule has 0 N–H and O–H groups in total. The van der Waals surface area contributed by atoms with E-state index in [0.717, 1.165) is 133 Å². The number of fused-ring (bicyclic) bond motifs is 20. The van der Waals surface area contributed by atoms with E-state index in [0.29, 0.717) is 136 Å². The van der Waals surface area contributed by atoms with E-state index in [1.165, 1.54) is 0 Å². The van der Waals surface area contributed by atoms with Crippen LogP contribution in [0.1, 0.15) is 0 Å². The molecule has 0 saturated carbocycles. The first kappa shape index (κ1) is 81.5. The van der Waals surface area contributed by atoms with Crippen LogP contribution in [0.15, 0.2) is 413 Å². The Morgan fingerprint density at radius 3 is 0.694 bits per heavy atom. The van der Waals surface area contributed by atoms with E-state index in [4.69, 9.17) is 78.8 Å². The monoisotopic (exact) mass is 1900 g/mol. The molecule has 5 aliphatic rings. The van der Waals surface area contributed by atoms with Crippen LogP contribution in [-0.4, -0.2) is 39.9 Å². The maximum atomic E-state index is 6.57. The van der Waals surface area contributed by atoms with Crippen LogP contribution < -0.4 is 38.9 Å². The molecule has 26 rings (SSSR count). The van der Waals surface area contributed by atoms with E-state index < -0.39 is 0 Å². The molecule has 21 aromatic rings. The Bertz CT molecular complexity index is 8020. The number of para-hydroxylation sites is 4. The van der Waals surface area contributed by atoms with E-state index in [9.17, 15) is 0 Å². The summed E-state index contributed by atoms with van der Waals surface area (Å²) in [6.45, 7) is 0. The van der Waals surface area contributed by atoms with Crippen LogP contribution in [0, 0.1) is 0 Å². The molecule has 16 nitrogen and oxygen atoms in total. The van der Waals surface area contributed by atoms with Gasteiger partial charge in [-0.3, -0.25) is 0 Å². The minimum atomic E-state index is 0. The molecule has 1 aliphatic carbocycles. The van der Waals surface area contributed by atoms with Gasteiger partial charge in [-0.1, -0.05) is 340 Å². The average molecular weight is 1910 g/mol. The van der Waals surface area contributed by atoms with Crippen LogP contribution in [-0.2, 0) is 40.8 Å². The van der Waals surface area contributed by atoms with Crippen LogP contribution in [0.2, 0.25) is 0 Å². The first-order chi connectivity index (χ1) is 65.5. The molecule has 636 valence electrons. The first-order valence-electron chi connectivity index (χ1n) is 43.6. The fourth-order valence-electron chi connectivity index (χ4n) is 18.5. The van der Waals surface area contributed by atoms with Crippen LogP contribution >= 0.6 is 0 Å². The zero-order valence-electron chi connectivity index (χ0n) is 70.9. The Labute approximate surface area is 794 Å². The summed E-state index contributed by atoms with van der Waals surface area (Å²) in [5, 5.41) is 6.83. The van der Waals surface area contributed by atoms with Gasteiger partial charge in [0.1, 0.15) is 46.0 Å². The molecule has 0 fully saturated rings. The van der Waals surface area contributed by atoms with Crippen molar-refractivity contribution in [3.8, 4) is 181 Å². The smallest absolute Gasteiger partial charge is 0.656 e. The molecular weight excluding hydrogens is 1840 g/mol. The summed E-state index contributed by atoms with van der Waals surface area (Å²) in [5.41, 5.74) is 23.3. The second-order valence-corrected chi connectivity index (χ2v) is 32.2. The zero-order chi connectivity index (χ0) is 87.1. The van der Waals surface area contributed by atoms with Gasteiger partial charge in [0, 0.05) is 66.7 Å². The number of rotatable bonds is 12. The minimum absolute atomic E-state index is 0. The summed E-state index contributed by atoms with van der Waals surface area (Å²) in [5.74, 6) is 6.10. The van der Waals surface area contributed by atoms with Crippen molar-refractivity contribution in [2.75, 3.05) is 0 Å². The number of ether oxygens (including phenoxy) is 4. The Hall–Kier alpha value is -17.0. The van der Waals surface area contributed by atoms with Gasteiger partial charge in [-0.15, -0.1) is 22.1 Å². The Morgan fingerprint density at radius 2 is 0.396 bits per heavy atom. The molecule has 4 aliphatic heterocycles. The average Bonchev–Trinajstić information content (AvgIpc) is 1.55. The summed E-state index contributed by atoms with van der Waals surface area (Å²) in [4.78, 5) is 65.0. The fourth-order valence-corrected chi connectivity index (χ4v) is 18.5. The normalized spacial score (nSPS) is 11.5. The SMILES string of the molecule is [Pd+2].[Pd+2].c1ccc(-c2c3nc(c(-c4ccccc4)c4[n-]c(c(-c5ccccc5)c5nc(c(-c6ccccc6)c6[n-]c2c2ccccc62)-c2ccccc2-5)c2ccccc42)-c2ccccc2-3)cc1.c1ccc(Oc2cccc3c2-c2nc-3nc3[n-]c(nc4nc(nc5[n-]c(n2)c2cccc(Oc6ccccc6)c52)-c2cccc(Oc5ccccc5)c2-4)c2cccc(Oc4ccccc4)c32)cc1. The maximum Gasteiger partial charge on any atom is 2.00 e. The summed E-state index contributed by atoms with van der Waals surface area (Å²) >= 11 is 0. The Morgan fingerprint density at radius 1 is 0.164 bits per heavy atom. The summed E-state index contributed by atoms with van der Waals surface area (Å²) < 4.78 is 26.3. The van der Waals surface area contributed by atoms with Crippen molar-refractivity contribution >= 4 is 87.7 Å². The molecule has 16 bridgehead atoms. The van der Waals surface area contributed by atoms with Gasteiger partial charge in [0.25, 0.3) is 0 Å². The number of aromatic nitrogens is 12. The Balaban J connectivity index is 0.000000149. The number of hydrogen-bond donors (Lipinski definition) is 0. The standard InChI is InChI=1S/C60H36N4.C56H32N8O4.2Pd/c1-5-21-37(22-6-1)49-53-41-29-13-15-31-43(41)55(61-53)50(38-23-7-2-8-24-38)57-45-33-17-19-35-47(45)59(63-57)52(40-27-11-4-12-28-40)60-48-36-20-18-34-46(48)58(64-60)51(39-25-9-3-10-26-39)56-44-32-16-14-30-42(44)54(49)62-56;1-5-17-33(18-6-1)65-41-29-13-25-37-45(41)53-57-49(37)62-54-47-39(27-15-31-43(47)67-35-21-9-3-10-22-35)51(59-54)64-56-48-40(28-16-32-44(48)68-36-23-11-4-12-24-36)52(60-56)63-55-46-38(50(58-55)61-53)26-14-30-42(46)66-34-19-7-2-8-20-34;;/h1-36H;1-32H;;/q2*-2;2*+2. The van der Waals surface area contributed by atoms with Gasteiger partial charge in [0.2, 0.25) is 0 Å². The summed E-state index contributed by atoms with van der Waals surface area (Å²) in [6.07, 6.45) is 0. The molecule has 0 atom stereocenters. The molecule has 134 heavy (non-hydrogen) atoms. The van der Waals surface area contributed by atoms with Crippen molar-refractivity contribution in [3.05, 3.63) is 413 Å². The zero-order valence-corrected chi connectivity index (χ0v) is 74.0. The third kappa shape index (κ3) is 14.3. The quantitative estimate of drug-likeness (QED) is 0.105. The maximum absolute atomic E-state index is 6.57. The van der Waals surface area contributed by atoms with Gasteiger partial charge in [0.15, 0.2) is 0 Å². The van der Waals surface area contributed by atoms with Gasteiger partial charge in [-0.25, -0.2) is 19.9 Å². The van der Waals surface area contributed by atoms with Gasteiger partial charge < -0.3 is 58.8 Å². The van der Waals surface area contributed by atoms with Crippen LogP contribution in [0.25, 0.3) is 223 Å². The van der Waals surface area contributed by atoms with E-state index in [2.05, 4.69) is 218 Å². The number of hydrogen-bond acceptors (Lipinski definition) is 12. The molecule has 0 amide bonds. The molecule has 0 saturated heterocycles. The van der Waals surface area contributed by atoms with E-state index in [-0.39, 0.29) is 40.8 Å².